The SMILES string of the molecule is CN(C)[C@H]1C(=O)C(C(N)=O)C(=O)[C@]2(O)C(=O)C3C(=O)c4c(O)ccc(C#Cc5cccnc5)c4C[C@@H]3C[C@H]12. The number of hydrogen-bond acceptors (Lipinski definition) is 9. The Morgan fingerprint density at radius 2 is 1.87 bits per heavy atom. The molecular formula is C28H25N3O7. The first-order chi connectivity index (χ1) is 18.0. The number of nitrogens with zero attached hydrogens (tertiary/aromatic N) is 2. The van der Waals surface area contributed by atoms with Crippen LogP contribution in [0.5, 0.6) is 5.75 Å². The zero-order valence-electron chi connectivity index (χ0n) is 20.7. The Balaban J connectivity index is 1.62. The molecule has 2 unspecified atom stereocenters. The second kappa shape index (κ2) is 8.97. The lowest BCUT2D eigenvalue weighted by atomic mass is 9.52. The summed E-state index contributed by atoms with van der Waals surface area (Å²) in [6, 6.07) is 5.25. The van der Waals surface area contributed by atoms with Gasteiger partial charge in [-0.05, 0) is 62.7 Å². The first-order valence-corrected chi connectivity index (χ1v) is 12.1. The number of carbonyl (C=O) groups excluding carboxylic acids is 5. The fourth-order valence-electron chi connectivity index (χ4n) is 6.30. The summed E-state index contributed by atoms with van der Waals surface area (Å²) in [6.45, 7) is 0. The standard InChI is InChI=1S/C28H25N3O7/c1-31(2)22-17-11-15-10-16-14(6-5-13-4-3-9-30-12-13)7-8-18(32)20(16)23(33)19(15)25(35)28(17,38)26(36)21(24(22)34)27(29)37/h3-4,7-9,12,15,17,19,21-22,32,38H,10-11H2,1-2H3,(H2,29,37)/t15-,17-,19?,21?,22-,28-/m1/s1. The summed E-state index contributed by atoms with van der Waals surface area (Å²) in [5.41, 5.74) is 4.07. The number of aromatic hydroxyl groups is 1. The van der Waals surface area contributed by atoms with Gasteiger partial charge >= 0.3 is 0 Å². The third-order valence-electron chi connectivity index (χ3n) is 7.95. The van der Waals surface area contributed by atoms with Crippen LogP contribution in [-0.2, 0) is 25.6 Å². The van der Waals surface area contributed by atoms with Crippen molar-refractivity contribution < 1.29 is 34.2 Å². The molecule has 0 saturated heterocycles. The Labute approximate surface area is 217 Å². The number of ketones is 4. The van der Waals surface area contributed by atoms with Crippen molar-refractivity contribution in [3.8, 4) is 17.6 Å². The van der Waals surface area contributed by atoms with Crippen molar-refractivity contribution in [1.29, 1.82) is 0 Å². The first-order valence-electron chi connectivity index (χ1n) is 12.1. The van der Waals surface area contributed by atoms with Crippen molar-refractivity contribution in [3.63, 3.8) is 0 Å². The fourth-order valence-corrected chi connectivity index (χ4v) is 6.30. The van der Waals surface area contributed by atoms with E-state index in [1.807, 2.05) is 0 Å². The number of rotatable bonds is 2. The Kier molecular flexibility index (Phi) is 6.01. The number of phenols is 1. The summed E-state index contributed by atoms with van der Waals surface area (Å²) in [5, 5.41) is 22.2. The minimum absolute atomic E-state index is 0.0188. The van der Waals surface area contributed by atoms with Gasteiger partial charge in [-0.15, -0.1) is 0 Å². The van der Waals surface area contributed by atoms with E-state index < -0.39 is 64.4 Å². The largest absolute Gasteiger partial charge is 0.507 e. The highest BCUT2D eigenvalue weighted by Crippen LogP contribution is 2.50. The first kappa shape index (κ1) is 25.4. The smallest absolute Gasteiger partial charge is 0.235 e. The molecular weight excluding hydrogens is 490 g/mol. The van der Waals surface area contributed by atoms with Gasteiger partial charge in [0.2, 0.25) is 5.91 Å². The zero-order chi connectivity index (χ0) is 27.5. The molecule has 2 aromatic rings. The molecule has 0 radical (unpaired) electrons. The maximum Gasteiger partial charge on any atom is 0.235 e. The molecule has 1 aromatic heterocycles. The maximum atomic E-state index is 13.8. The van der Waals surface area contributed by atoms with Crippen LogP contribution in [0.4, 0.5) is 0 Å². The molecule has 0 spiro atoms. The predicted octanol–water partition coefficient (Wildman–Crippen LogP) is -0.338. The molecule has 2 saturated carbocycles. The predicted molar refractivity (Wildman–Crippen MR) is 132 cm³/mol. The normalized spacial score (nSPS) is 30.2. The molecule has 10 nitrogen and oxygen atoms in total. The molecule has 2 fully saturated rings. The lowest BCUT2D eigenvalue weighted by molar-refractivity contribution is -0.181. The average molecular weight is 516 g/mol. The summed E-state index contributed by atoms with van der Waals surface area (Å²) in [4.78, 5) is 71.5. The Morgan fingerprint density at radius 1 is 1.13 bits per heavy atom. The van der Waals surface area contributed by atoms with E-state index in [1.54, 1.807) is 44.7 Å². The second-order valence-electron chi connectivity index (χ2n) is 10.3. The van der Waals surface area contributed by atoms with Gasteiger partial charge in [0.25, 0.3) is 0 Å². The highest BCUT2D eigenvalue weighted by atomic mass is 16.3. The quantitative estimate of drug-likeness (QED) is 0.358. The molecule has 0 aliphatic heterocycles. The van der Waals surface area contributed by atoms with Crippen molar-refractivity contribution in [1.82, 2.24) is 9.88 Å². The number of benzene rings is 1. The van der Waals surface area contributed by atoms with E-state index in [4.69, 9.17) is 5.73 Å². The number of hydrogen-bond donors (Lipinski definition) is 3. The van der Waals surface area contributed by atoms with Gasteiger partial charge in [0.05, 0.1) is 17.5 Å². The molecule has 6 atom stereocenters. The van der Waals surface area contributed by atoms with Gasteiger partial charge in [-0.2, -0.15) is 0 Å². The number of Topliss-reactive ketones (excluding diaryl/α,β-unsaturated/α-hetero) is 4. The Bertz CT molecular complexity index is 1470. The van der Waals surface area contributed by atoms with Gasteiger partial charge in [-0.3, -0.25) is 33.9 Å². The zero-order valence-corrected chi connectivity index (χ0v) is 20.7. The van der Waals surface area contributed by atoms with Gasteiger partial charge in [-0.25, -0.2) is 0 Å². The molecule has 1 aromatic carbocycles. The lowest BCUT2D eigenvalue weighted by Crippen LogP contribution is -2.74. The van der Waals surface area contributed by atoms with Crippen LogP contribution in [0.15, 0.2) is 36.7 Å². The van der Waals surface area contributed by atoms with Crippen LogP contribution in [0.25, 0.3) is 0 Å². The molecule has 3 aliphatic rings. The molecule has 3 aliphatic carbocycles. The fraction of sp³-hybridized carbons (Fsp3) is 0.357. The third-order valence-corrected chi connectivity index (χ3v) is 7.95. The van der Waals surface area contributed by atoms with Crippen molar-refractivity contribution in [2.24, 2.45) is 29.4 Å². The average Bonchev–Trinajstić information content (AvgIpc) is 2.86. The Hall–Kier alpha value is -4.20. The maximum absolute atomic E-state index is 13.8. The topological polar surface area (TPSA) is 168 Å². The molecule has 1 heterocycles. The lowest BCUT2D eigenvalue weighted by Gasteiger charge is -2.52. The van der Waals surface area contributed by atoms with Gasteiger partial charge in [0.15, 0.2) is 34.7 Å². The molecule has 4 N–H and O–H groups in total. The van der Waals surface area contributed by atoms with Crippen LogP contribution in [0, 0.1) is 35.5 Å². The number of carbonyl (C=O) groups is 5. The van der Waals surface area contributed by atoms with Gasteiger partial charge in [-0.1, -0.05) is 11.8 Å². The van der Waals surface area contributed by atoms with Crippen LogP contribution >= 0.6 is 0 Å². The number of primary amides is 1. The van der Waals surface area contributed by atoms with Crippen molar-refractivity contribution in [2.75, 3.05) is 14.1 Å². The number of likely N-dealkylation sites (N-methyl/N-ethyl adjacent to an activating group) is 1. The number of aliphatic hydroxyl groups is 1. The molecule has 194 valence electrons. The van der Waals surface area contributed by atoms with E-state index in [2.05, 4.69) is 16.8 Å². The summed E-state index contributed by atoms with van der Waals surface area (Å²) < 4.78 is 0. The molecule has 5 rings (SSSR count). The van der Waals surface area contributed by atoms with Gasteiger partial charge in [0, 0.05) is 29.4 Å². The number of amides is 1. The molecule has 10 heteroatoms. The highest BCUT2D eigenvalue weighted by Gasteiger charge is 2.69. The van der Waals surface area contributed by atoms with Crippen LogP contribution in [0.3, 0.4) is 0 Å². The summed E-state index contributed by atoms with van der Waals surface area (Å²) in [5.74, 6) is -4.79. The van der Waals surface area contributed by atoms with Crippen LogP contribution < -0.4 is 5.73 Å². The van der Waals surface area contributed by atoms with Crippen molar-refractivity contribution in [3.05, 3.63) is 58.9 Å². The molecule has 1 amide bonds. The number of fused-ring (bicyclic) bond motifs is 3. The van der Waals surface area contributed by atoms with E-state index >= 15 is 0 Å². The molecule has 0 bridgehead atoms. The minimum Gasteiger partial charge on any atom is -0.507 e. The van der Waals surface area contributed by atoms with E-state index in [-0.39, 0.29) is 24.2 Å². The third kappa shape index (κ3) is 3.58. The van der Waals surface area contributed by atoms with E-state index in [1.165, 1.54) is 11.0 Å². The number of pyridine rings is 1. The number of phenolic OH excluding ortho intramolecular Hbond substituents is 1. The van der Waals surface area contributed by atoms with E-state index in [9.17, 15) is 34.2 Å². The molecule has 38 heavy (non-hydrogen) atoms. The van der Waals surface area contributed by atoms with Crippen molar-refractivity contribution >= 4 is 29.0 Å². The van der Waals surface area contributed by atoms with Crippen LogP contribution in [0.2, 0.25) is 0 Å². The van der Waals surface area contributed by atoms with Crippen LogP contribution in [0.1, 0.15) is 33.5 Å². The summed E-state index contributed by atoms with van der Waals surface area (Å²) in [6.07, 6.45) is 3.33. The van der Waals surface area contributed by atoms with Gasteiger partial charge in [0.1, 0.15) is 5.75 Å². The summed E-state index contributed by atoms with van der Waals surface area (Å²) >= 11 is 0. The second-order valence-corrected chi connectivity index (χ2v) is 10.3. The van der Waals surface area contributed by atoms with Crippen LogP contribution in [-0.4, -0.2) is 74.9 Å². The van der Waals surface area contributed by atoms with Gasteiger partial charge < -0.3 is 15.9 Å². The van der Waals surface area contributed by atoms with Crippen molar-refractivity contribution in [2.45, 2.75) is 24.5 Å². The monoisotopic (exact) mass is 515 g/mol. The number of nitrogens with two attached hydrogens (primary N) is 1. The van der Waals surface area contributed by atoms with E-state index in [0.29, 0.717) is 16.7 Å². The number of aromatic nitrogens is 1. The Morgan fingerprint density at radius 3 is 2.50 bits per heavy atom. The van der Waals surface area contributed by atoms with E-state index in [0.717, 1.165) is 0 Å². The summed E-state index contributed by atoms with van der Waals surface area (Å²) in [7, 11) is 3.08. The minimum atomic E-state index is -2.75. The highest BCUT2D eigenvalue weighted by molar-refractivity contribution is 6.32.